The summed E-state index contributed by atoms with van der Waals surface area (Å²) < 4.78 is 1.85. The van der Waals surface area contributed by atoms with E-state index in [1.807, 2.05) is 24.1 Å². The molecule has 3 rings (SSSR count). The van der Waals surface area contributed by atoms with Crippen LogP contribution in [0.2, 0.25) is 0 Å². The average Bonchev–Trinajstić information content (AvgIpc) is 2.83. The summed E-state index contributed by atoms with van der Waals surface area (Å²) in [6.45, 7) is 7.21. The van der Waals surface area contributed by atoms with Crippen molar-refractivity contribution in [3.05, 3.63) is 41.2 Å². The van der Waals surface area contributed by atoms with Crippen molar-refractivity contribution in [2.24, 2.45) is 7.05 Å². The fraction of sp³-hybridized carbons (Fsp3) is 0.533. The Morgan fingerprint density at radius 2 is 2.15 bits per heavy atom. The first-order valence-electron chi connectivity index (χ1n) is 7.16. The Morgan fingerprint density at radius 3 is 2.85 bits per heavy atom. The minimum absolute atomic E-state index is 0.397. The first-order chi connectivity index (χ1) is 9.61. The molecule has 0 fully saturated rings. The number of aryl methyl sites for hydroxylation is 1. The van der Waals surface area contributed by atoms with Crippen LogP contribution in [0.25, 0.3) is 0 Å². The fourth-order valence-electron chi connectivity index (χ4n) is 2.61. The van der Waals surface area contributed by atoms with Crippen molar-refractivity contribution in [3.63, 3.8) is 0 Å². The molecule has 2 aromatic rings. The van der Waals surface area contributed by atoms with Crippen LogP contribution in [0.3, 0.4) is 0 Å². The molecule has 0 saturated carbocycles. The summed E-state index contributed by atoms with van der Waals surface area (Å²) in [5.41, 5.74) is 3.76. The molecule has 1 aliphatic heterocycles. The summed E-state index contributed by atoms with van der Waals surface area (Å²) in [7, 11) is 1.95. The molecule has 0 aromatic carbocycles. The fourth-order valence-corrected chi connectivity index (χ4v) is 2.61. The quantitative estimate of drug-likeness (QED) is 0.855. The molecule has 20 heavy (non-hydrogen) atoms. The third kappa shape index (κ3) is 2.72. The Hall–Kier alpha value is -1.75. The molecule has 106 valence electrons. The van der Waals surface area contributed by atoms with Gasteiger partial charge in [0.15, 0.2) is 0 Å². The van der Waals surface area contributed by atoms with Gasteiger partial charge in [0.25, 0.3) is 0 Å². The van der Waals surface area contributed by atoms with E-state index in [0.717, 1.165) is 31.9 Å². The smallest absolute Gasteiger partial charge is 0.131 e. The minimum Gasteiger partial charge on any atom is -0.294 e. The largest absolute Gasteiger partial charge is 0.294 e. The van der Waals surface area contributed by atoms with Crippen LogP contribution < -0.4 is 0 Å². The Bertz CT molecular complexity index is 602. The lowest BCUT2D eigenvalue weighted by Crippen LogP contribution is -2.31. The van der Waals surface area contributed by atoms with E-state index in [1.165, 1.54) is 16.8 Å². The van der Waals surface area contributed by atoms with Crippen molar-refractivity contribution < 1.29 is 0 Å². The van der Waals surface area contributed by atoms with E-state index in [4.69, 9.17) is 4.98 Å². The van der Waals surface area contributed by atoms with Crippen molar-refractivity contribution >= 4 is 0 Å². The summed E-state index contributed by atoms with van der Waals surface area (Å²) in [5, 5.41) is 4.22. The molecular formula is C15H21N5. The molecule has 5 heteroatoms. The summed E-state index contributed by atoms with van der Waals surface area (Å²) >= 11 is 0. The van der Waals surface area contributed by atoms with E-state index in [2.05, 4.69) is 35.0 Å². The molecule has 1 aliphatic rings. The maximum atomic E-state index is 4.70. The predicted molar refractivity (Wildman–Crippen MR) is 77.1 cm³/mol. The molecular weight excluding hydrogens is 250 g/mol. The molecule has 0 spiro atoms. The molecule has 0 saturated heterocycles. The zero-order chi connectivity index (χ0) is 14.1. The summed E-state index contributed by atoms with van der Waals surface area (Å²) in [6, 6.07) is 0. The molecule has 0 N–H and O–H groups in total. The van der Waals surface area contributed by atoms with Gasteiger partial charge in [-0.1, -0.05) is 13.8 Å². The van der Waals surface area contributed by atoms with Crippen LogP contribution in [0.5, 0.6) is 0 Å². The van der Waals surface area contributed by atoms with Crippen molar-refractivity contribution in [2.45, 2.75) is 39.3 Å². The SMILES string of the molecule is CC(C)c1ncc2c(n1)CCN(Cc1cnn(C)c1)C2. The van der Waals surface area contributed by atoms with E-state index < -0.39 is 0 Å². The molecule has 3 heterocycles. The van der Waals surface area contributed by atoms with Gasteiger partial charge in [-0.3, -0.25) is 9.58 Å². The highest BCUT2D eigenvalue weighted by molar-refractivity contribution is 5.21. The predicted octanol–water partition coefficient (Wildman–Crippen LogP) is 1.89. The third-order valence-electron chi connectivity index (χ3n) is 3.71. The maximum Gasteiger partial charge on any atom is 0.131 e. The first-order valence-corrected chi connectivity index (χ1v) is 7.16. The molecule has 0 aliphatic carbocycles. The molecule has 0 amide bonds. The highest BCUT2D eigenvalue weighted by atomic mass is 15.2. The second-order valence-corrected chi connectivity index (χ2v) is 5.84. The van der Waals surface area contributed by atoms with Crippen molar-refractivity contribution in [3.8, 4) is 0 Å². The average molecular weight is 271 g/mol. The van der Waals surface area contributed by atoms with Gasteiger partial charge in [0.2, 0.25) is 0 Å². The lowest BCUT2D eigenvalue weighted by Gasteiger charge is -2.27. The lowest BCUT2D eigenvalue weighted by molar-refractivity contribution is 0.242. The van der Waals surface area contributed by atoms with Crippen LogP contribution in [0.15, 0.2) is 18.6 Å². The van der Waals surface area contributed by atoms with Crippen LogP contribution in [-0.2, 0) is 26.6 Å². The van der Waals surface area contributed by atoms with Gasteiger partial charge in [0.1, 0.15) is 5.82 Å². The normalized spacial score (nSPS) is 15.6. The molecule has 5 nitrogen and oxygen atoms in total. The maximum absolute atomic E-state index is 4.70. The summed E-state index contributed by atoms with van der Waals surface area (Å²) in [5.74, 6) is 1.36. The number of fused-ring (bicyclic) bond motifs is 1. The second kappa shape index (κ2) is 5.32. The van der Waals surface area contributed by atoms with Gasteiger partial charge in [-0.15, -0.1) is 0 Å². The second-order valence-electron chi connectivity index (χ2n) is 5.84. The van der Waals surface area contributed by atoms with Gasteiger partial charge in [-0.05, 0) is 0 Å². The van der Waals surface area contributed by atoms with E-state index >= 15 is 0 Å². The number of hydrogen-bond donors (Lipinski definition) is 0. The Kier molecular flexibility index (Phi) is 3.53. The summed E-state index contributed by atoms with van der Waals surface area (Å²) in [4.78, 5) is 11.6. The summed E-state index contributed by atoms with van der Waals surface area (Å²) in [6.07, 6.45) is 7.03. The van der Waals surface area contributed by atoms with Gasteiger partial charge in [0, 0.05) is 68.2 Å². The molecule has 0 radical (unpaired) electrons. The minimum atomic E-state index is 0.397. The van der Waals surface area contributed by atoms with Crippen LogP contribution in [0.4, 0.5) is 0 Å². The van der Waals surface area contributed by atoms with Crippen molar-refractivity contribution in [1.82, 2.24) is 24.6 Å². The van der Waals surface area contributed by atoms with Gasteiger partial charge in [0.05, 0.1) is 6.20 Å². The van der Waals surface area contributed by atoms with Gasteiger partial charge < -0.3 is 0 Å². The third-order valence-corrected chi connectivity index (χ3v) is 3.71. The van der Waals surface area contributed by atoms with Crippen molar-refractivity contribution in [1.29, 1.82) is 0 Å². The molecule has 0 bridgehead atoms. The Morgan fingerprint density at radius 1 is 1.30 bits per heavy atom. The topological polar surface area (TPSA) is 46.8 Å². The van der Waals surface area contributed by atoms with Crippen LogP contribution in [-0.4, -0.2) is 31.2 Å². The van der Waals surface area contributed by atoms with Gasteiger partial charge in [-0.2, -0.15) is 5.10 Å². The van der Waals surface area contributed by atoms with Crippen LogP contribution in [0, 0.1) is 0 Å². The number of aromatic nitrogens is 4. The molecule has 0 unspecified atom stereocenters. The monoisotopic (exact) mass is 271 g/mol. The zero-order valence-electron chi connectivity index (χ0n) is 12.4. The zero-order valence-corrected chi connectivity index (χ0v) is 12.4. The molecule has 0 atom stereocenters. The highest BCUT2D eigenvalue weighted by Crippen LogP contribution is 2.20. The standard InChI is InChI=1S/C15H21N5/c1-11(2)15-16-7-13-10-20(5-4-14(13)18-15)9-12-6-17-19(3)8-12/h6-8,11H,4-5,9-10H2,1-3H3. The van der Waals surface area contributed by atoms with Gasteiger partial charge in [-0.25, -0.2) is 9.97 Å². The van der Waals surface area contributed by atoms with Gasteiger partial charge >= 0.3 is 0 Å². The van der Waals surface area contributed by atoms with E-state index in [1.54, 1.807) is 0 Å². The van der Waals surface area contributed by atoms with E-state index in [0.29, 0.717) is 5.92 Å². The number of hydrogen-bond acceptors (Lipinski definition) is 4. The lowest BCUT2D eigenvalue weighted by atomic mass is 10.1. The number of rotatable bonds is 3. The van der Waals surface area contributed by atoms with E-state index in [9.17, 15) is 0 Å². The Labute approximate surface area is 119 Å². The van der Waals surface area contributed by atoms with Crippen molar-refractivity contribution in [2.75, 3.05) is 6.54 Å². The molecule has 2 aromatic heterocycles. The highest BCUT2D eigenvalue weighted by Gasteiger charge is 2.19. The van der Waals surface area contributed by atoms with Crippen LogP contribution >= 0.6 is 0 Å². The number of nitrogens with zero attached hydrogens (tertiary/aromatic N) is 5. The Balaban J connectivity index is 1.72. The van der Waals surface area contributed by atoms with E-state index in [-0.39, 0.29) is 0 Å². The first kappa shape index (κ1) is 13.2. The van der Waals surface area contributed by atoms with Crippen LogP contribution in [0.1, 0.15) is 42.4 Å².